The zero-order chi connectivity index (χ0) is 11.7. The molecule has 6 heteroatoms. The fourth-order valence-corrected chi connectivity index (χ4v) is 1.54. The summed E-state index contributed by atoms with van der Waals surface area (Å²) in [6, 6.07) is 5.11. The molecule has 6 nitrogen and oxygen atoms in total. The van der Waals surface area contributed by atoms with Gasteiger partial charge in [-0.15, -0.1) is 0 Å². The van der Waals surface area contributed by atoms with Crippen molar-refractivity contribution < 1.29 is 4.92 Å². The van der Waals surface area contributed by atoms with Crippen molar-refractivity contribution in [2.24, 2.45) is 7.05 Å². The second kappa shape index (κ2) is 3.73. The number of aromatic nitrogens is 3. The van der Waals surface area contributed by atoms with Gasteiger partial charge < -0.3 is 0 Å². The molecule has 0 amide bonds. The topological polar surface area (TPSA) is 73.8 Å². The van der Waals surface area contributed by atoms with E-state index in [0.29, 0.717) is 17.0 Å². The maximum absolute atomic E-state index is 11.0. The van der Waals surface area contributed by atoms with E-state index in [4.69, 9.17) is 0 Å². The average molecular weight is 218 g/mol. The van der Waals surface area contributed by atoms with Crippen LogP contribution in [0.4, 0.5) is 5.69 Å². The van der Waals surface area contributed by atoms with Crippen LogP contribution in [0.25, 0.3) is 11.4 Å². The average Bonchev–Trinajstić information content (AvgIpc) is 2.63. The molecule has 1 aromatic carbocycles. The molecule has 2 aromatic rings. The molecule has 0 saturated heterocycles. The van der Waals surface area contributed by atoms with Crippen LogP contribution in [-0.2, 0) is 7.05 Å². The SMILES string of the molecule is Cc1cccc(-c2ncn(C)n2)c1[N+](=O)[O-]. The highest BCUT2D eigenvalue weighted by Crippen LogP contribution is 2.29. The second-order valence-electron chi connectivity index (χ2n) is 3.47. The monoisotopic (exact) mass is 218 g/mol. The van der Waals surface area contributed by atoms with Crippen molar-refractivity contribution in [3.05, 3.63) is 40.2 Å². The van der Waals surface area contributed by atoms with Crippen LogP contribution in [-0.4, -0.2) is 19.7 Å². The van der Waals surface area contributed by atoms with Gasteiger partial charge in [-0.1, -0.05) is 12.1 Å². The minimum Gasteiger partial charge on any atom is -0.258 e. The van der Waals surface area contributed by atoms with Gasteiger partial charge in [-0.25, -0.2) is 4.98 Å². The molecular formula is C10H10N4O2. The Balaban J connectivity index is 2.65. The molecule has 0 unspecified atom stereocenters. The third-order valence-electron chi connectivity index (χ3n) is 2.26. The molecule has 0 aliphatic carbocycles. The summed E-state index contributed by atoms with van der Waals surface area (Å²) in [5.41, 5.74) is 1.12. The van der Waals surface area contributed by atoms with Gasteiger partial charge in [-0.2, -0.15) is 5.10 Å². The largest absolute Gasteiger partial charge is 0.283 e. The third-order valence-corrected chi connectivity index (χ3v) is 2.26. The summed E-state index contributed by atoms with van der Waals surface area (Å²) in [5, 5.41) is 15.0. The van der Waals surface area contributed by atoms with E-state index < -0.39 is 4.92 Å². The van der Waals surface area contributed by atoms with Gasteiger partial charge in [0.05, 0.1) is 10.5 Å². The number of rotatable bonds is 2. The first-order chi connectivity index (χ1) is 7.59. The Kier molecular flexibility index (Phi) is 2.40. The molecule has 0 spiro atoms. The lowest BCUT2D eigenvalue weighted by Gasteiger charge is -2.01. The van der Waals surface area contributed by atoms with Gasteiger partial charge in [0.2, 0.25) is 0 Å². The number of nitro benzene ring substituents is 1. The molecule has 82 valence electrons. The summed E-state index contributed by atoms with van der Waals surface area (Å²) in [5.74, 6) is 0.373. The molecule has 0 saturated carbocycles. The van der Waals surface area contributed by atoms with Crippen LogP contribution in [0.2, 0.25) is 0 Å². The minimum absolute atomic E-state index is 0.0636. The molecule has 0 N–H and O–H groups in total. The number of hydrogen-bond acceptors (Lipinski definition) is 4. The lowest BCUT2D eigenvalue weighted by molar-refractivity contribution is -0.384. The molecule has 2 rings (SSSR count). The van der Waals surface area contributed by atoms with Crippen LogP contribution in [0.5, 0.6) is 0 Å². The Bertz CT molecular complexity index is 548. The lowest BCUT2D eigenvalue weighted by atomic mass is 10.1. The van der Waals surface area contributed by atoms with Crippen molar-refractivity contribution >= 4 is 5.69 Å². The van der Waals surface area contributed by atoms with Gasteiger partial charge in [0, 0.05) is 12.6 Å². The van der Waals surface area contributed by atoms with Crippen LogP contribution in [0.15, 0.2) is 24.5 Å². The molecule has 0 bridgehead atoms. The number of para-hydroxylation sites is 1. The summed E-state index contributed by atoms with van der Waals surface area (Å²) in [4.78, 5) is 14.6. The molecule has 1 heterocycles. The summed E-state index contributed by atoms with van der Waals surface area (Å²) >= 11 is 0. The summed E-state index contributed by atoms with van der Waals surface area (Å²) in [6.07, 6.45) is 1.52. The van der Waals surface area contributed by atoms with Gasteiger partial charge in [0.15, 0.2) is 5.82 Å². The predicted octanol–water partition coefficient (Wildman–Crippen LogP) is 1.70. The molecule has 0 aliphatic rings. The predicted molar refractivity (Wildman–Crippen MR) is 57.8 cm³/mol. The van der Waals surface area contributed by atoms with Gasteiger partial charge in [0.1, 0.15) is 6.33 Å². The van der Waals surface area contributed by atoms with Crippen molar-refractivity contribution in [1.82, 2.24) is 14.8 Å². The van der Waals surface area contributed by atoms with E-state index in [1.807, 2.05) is 0 Å². The summed E-state index contributed by atoms with van der Waals surface area (Å²) in [6.45, 7) is 1.70. The van der Waals surface area contributed by atoms with Crippen molar-refractivity contribution in [2.75, 3.05) is 0 Å². The first-order valence-electron chi connectivity index (χ1n) is 4.69. The fourth-order valence-electron chi connectivity index (χ4n) is 1.54. The Morgan fingerprint density at radius 2 is 2.19 bits per heavy atom. The van der Waals surface area contributed by atoms with E-state index in [1.165, 1.54) is 11.0 Å². The molecule has 0 radical (unpaired) electrons. The Labute approximate surface area is 91.7 Å². The normalized spacial score (nSPS) is 10.4. The number of benzene rings is 1. The highest BCUT2D eigenvalue weighted by molar-refractivity contribution is 5.70. The zero-order valence-corrected chi connectivity index (χ0v) is 8.91. The second-order valence-corrected chi connectivity index (χ2v) is 3.47. The van der Waals surface area contributed by atoms with Gasteiger partial charge in [-0.05, 0) is 13.0 Å². The maximum Gasteiger partial charge on any atom is 0.283 e. The fraction of sp³-hybridized carbons (Fsp3) is 0.200. The first kappa shape index (κ1) is 10.3. The molecule has 0 atom stereocenters. The van der Waals surface area contributed by atoms with Crippen molar-refractivity contribution in [2.45, 2.75) is 6.92 Å². The Morgan fingerprint density at radius 1 is 1.44 bits per heavy atom. The zero-order valence-electron chi connectivity index (χ0n) is 8.91. The van der Waals surface area contributed by atoms with E-state index in [2.05, 4.69) is 10.1 Å². The molecule has 1 aromatic heterocycles. The highest BCUT2D eigenvalue weighted by Gasteiger charge is 2.20. The van der Waals surface area contributed by atoms with Crippen LogP contribution >= 0.6 is 0 Å². The quantitative estimate of drug-likeness (QED) is 0.568. The number of nitro groups is 1. The van der Waals surface area contributed by atoms with E-state index in [1.54, 1.807) is 32.2 Å². The van der Waals surface area contributed by atoms with Gasteiger partial charge in [-0.3, -0.25) is 14.8 Å². The molecular weight excluding hydrogens is 208 g/mol. The highest BCUT2D eigenvalue weighted by atomic mass is 16.6. The smallest absolute Gasteiger partial charge is 0.258 e. The number of hydrogen-bond donors (Lipinski definition) is 0. The van der Waals surface area contributed by atoms with E-state index in [0.717, 1.165) is 0 Å². The van der Waals surface area contributed by atoms with Crippen LogP contribution < -0.4 is 0 Å². The van der Waals surface area contributed by atoms with Gasteiger partial charge in [0.25, 0.3) is 5.69 Å². The van der Waals surface area contributed by atoms with Crippen LogP contribution in [0.1, 0.15) is 5.56 Å². The van der Waals surface area contributed by atoms with Crippen molar-refractivity contribution in [1.29, 1.82) is 0 Å². The Hall–Kier alpha value is -2.24. The molecule has 0 fully saturated rings. The van der Waals surface area contributed by atoms with Crippen molar-refractivity contribution in [3.63, 3.8) is 0 Å². The number of nitrogens with zero attached hydrogens (tertiary/aromatic N) is 4. The third kappa shape index (κ3) is 1.65. The summed E-state index contributed by atoms with van der Waals surface area (Å²) in [7, 11) is 1.72. The standard InChI is InChI=1S/C10H10N4O2/c1-7-4-3-5-8(9(7)14(15)16)10-11-6-13(2)12-10/h3-6H,1-2H3. The minimum atomic E-state index is -0.402. The van der Waals surface area contributed by atoms with E-state index in [9.17, 15) is 10.1 Å². The number of aryl methyl sites for hydroxylation is 2. The van der Waals surface area contributed by atoms with E-state index >= 15 is 0 Å². The molecule has 0 aliphatic heterocycles. The van der Waals surface area contributed by atoms with Gasteiger partial charge >= 0.3 is 0 Å². The Morgan fingerprint density at radius 3 is 2.75 bits per heavy atom. The lowest BCUT2D eigenvalue weighted by Crippen LogP contribution is -1.96. The maximum atomic E-state index is 11.0. The molecule has 16 heavy (non-hydrogen) atoms. The summed E-state index contributed by atoms with van der Waals surface area (Å²) < 4.78 is 1.52. The van der Waals surface area contributed by atoms with Crippen molar-refractivity contribution in [3.8, 4) is 11.4 Å². The van der Waals surface area contributed by atoms with Crippen LogP contribution in [0, 0.1) is 17.0 Å². The van der Waals surface area contributed by atoms with Crippen LogP contribution in [0.3, 0.4) is 0 Å². The first-order valence-corrected chi connectivity index (χ1v) is 4.69. The van der Waals surface area contributed by atoms with E-state index in [-0.39, 0.29) is 5.69 Å².